The average Bonchev–Trinajstić information content (AvgIpc) is 2.54. The molecule has 1 atom stereocenters. The van der Waals surface area contributed by atoms with Crippen molar-refractivity contribution in [3.63, 3.8) is 0 Å². The zero-order valence-electron chi connectivity index (χ0n) is 13.5. The van der Waals surface area contributed by atoms with Crippen molar-refractivity contribution in [2.45, 2.75) is 31.5 Å². The highest BCUT2D eigenvalue weighted by Crippen LogP contribution is 2.22. The van der Waals surface area contributed by atoms with Gasteiger partial charge in [0.2, 0.25) is 0 Å². The Labute approximate surface area is 137 Å². The first-order chi connectivity index (χ1) is 11.2. The summed E-state index contributed by atoms with van der Waals surface area (Å²) >= 11 is 0. The van der Waals surface area contributed by atoms with E-state index in [9.17, 15) is 9.50 Å². The number of aliphatic hydroxyl groups excluding tert-OH is 1. The minimum Gasteiger partial charge on any atom is -0.389 e. The maximum atomic E-state index is 13.6. The van der Waals surface area contributed by atoms with Crippen LogP contribution in [0.1, 0.15) is 18.4 Å². The Kier molecular flexibility index (Phi) is 6.00. The van der Waals surface area contributed by atoms with Gasteiger partial charge in [0.1, 0.15) is 5.82 Å². The van der Waals surface area contributed by atoms with Crippen LogP contribution >= 0.6 is 0 Å². The fraction of sp³-hybridized carbons (Fsp3) is 0.667. The first kappa shape index (κ1) is 16.8. The van der Waals surface area contributed by atoms with E-state index in [0.717, 1.165) is 51.1 Å². The Morgan fingerprint density at radius 3 is 2.74 bits per heavy atom. The number of rotatable bonds is 7. The second-order valence-corrected chi connectivity index (χ2v) is 6.68. The van der Waals surface area contributed by atoms with E-state index in [0.29, 0.717) is 19.1 Å². The fourth-order valence-corrected chi connectivity index (χ4v) is 3.37. The van der Waals surface area contributed by atoms with E-state index < -0.39 is 6.10 Å². The van der Waals surface area contributed by atoms with Crippen molar-refractivity contribution in [2.24, 2.45) is 5.92 Å². The molecule has 2 fully saturated rings. The molecule has 1 aromatic rings. The lowest BCUT2D eigenvalue weighted by molar-refractivity contribution is -0.0701. The lowest BCUT2D eigenvalue weighted by atomic mass is 9.91. The maximum Gasteiger partial charge on any atom is 0.126 e. The average molecular weight is 323 g/mol. The molecular weight excluding hydrogens is 297 g/mol. The Balaban J connectivity index is 1.31. The SMILES string of the molecule is OC(COC1CCOCC1)CN1CC(Cc2ccccc2F)C1. The monoisotopic (exact) mass is 323 g/mol. The van der Waals surface area contributed by atoms with Crippen molar-refractivity contribution in [3.8, 4) is 0 Å². The number of hydrogen-bond donors (Lipinski definition) is 1. The fourth-order valence-electron chi connectivity index (χ4n) is 3.37. The summed E-state index contributed by atoms with van der Waals surface area (Å²) in [5.41, 5.74) is 0.792. The number of nitrogens with zero attached hydrogens (tertiary/aromatic N) is 1. The summed E-state index contributed by atoms with van der Waals surface area (Å²) < 4.78 is 24.7. The molecule has 3 rings (SSSR count). The lowest BCUT2D eigenvalue weighted by Gasteiger charge is -2.40. The number of likely N-dealkylation sites (tertiary alicyclic amines) is 1. The Morgan fingerprint density at radius 2 is 2.00 bits per heavy atom. The van der Waals surface area contributed by atoms with Crippen LogP contribution in [0, 0.1) is 11.7 Å². The zero-order valence-corrected chi connectivity index (χ0v) is 13.5. The molecule has 1 aromatic carbocycles. The van der Waals surface area contributed by atoms with Gasteiger partial charge in [0, 0.05) is 32.8 Å². The molecule has 4 nitrogen and oxygen atoms in total. The third-order valence-electron chi connectivity index (χ3n) is 4.66. The molecule has 0 aliphatic carbocycles. The predicted molar refractivity (Wildman–Crippen MR) is 85.8 cm³/mol. The second-order valence-electron chi connectivity index (χ2n) is 6.68. The van der Waals surface area contributed by atoms with Gasteiger partial charge in [0.15, 0.2) is 0 Å². The van der Waals surface area contributed by atoms with Gasteiger partial charge in [-0.1, -0.05) is 18.2 Å². The topological polar surface area (TPSA) is 41.9 Å². The zero-order chi connectivity index (χ0) is 16.1. The van der Waals surface area contributed by atoms with Gasteiger partial charge in [-0.2, -0.15) is 0 Å². The van der Waals surface area contributed by atoms with E-state index in [1.165, 1.54) is 6.07 Å². The van der Waals surface area contributed by atoms with Crippen LogP contribution in [-0.2, 0) is 15.9 Å². The molecule has 23 heavy (non-hydrogen) atoms. The van der Waals surface area contributed by atoms with Crippen LogP contribution in [0.5, 0.6) is 0 Å². The van der Waals surface area contributed by atoms with Gasteiger partial charge < -0.3 is 19.5 Å². The van der Waals surface area contributed by atoms with Gasteiger partial charge in [-0.25, -0.2) is 4.39 Å². The molecule has 0 radical (unpaired) electrons. The molecule has 0 amide bonds. The molecular formula is C18H26FNO3. The molecule has 2 heterocycles. The molecule has 2 aliphatic rings. The van der Waals surface area contributed by atoms with Gasteiger partial charge >= 0.3 is 0 Å². The largest absolute Gasteiger partial charge is 0.389 e. The van der Waals surface area contributed by atoms with Crippen LogP contribution < -0.4 is 0 Å². The minimum atomic E-state index is -0.452. The van der Waals surface area contributed by atoms with Crippen LogP contribution in [0.25, 0.3) is 0 Å². The van der Waals surface area contributed by atoms with Crippen molar-refractivity contribution in [1.29, 1.82) is 0 Å². The quantitative estimate of drug-likeness (QED) is 0.832. The van der Waals surface area contributed by atoms with E-state index in [1.54, 1.807) is 6.07 Å². The predicted octanol–water partition coefficient (Wildman–Crippen LogP) is 1.86. The summed E-state index contributed by atoms with van der Waals surface area (Å²) in [4.78, 5) is 2.21. The van der Waals surface area contributed by atoms with Crippen LogP contribution in [0.2, 0.25) is 0 Å². The van der Waals surface area contributed by atoms with Crippen molar-refractivity contribution in [2.75, 3.05) is 39.5 Å². The van der Waals surface area contributed by atoms with Crippen LogP contribution in [0.4, 0.5) is 4.39 Å². The number of ether oxygens (including phenoxy) is 2. The summed E-state index contributed by atoms with van der Waals surface area (Å²) in [6.07, 6.45) is 2.39. The number of β-amino-alcohol motifs (C(OH)–C–C–N with tert-alkyl or cyclic N) is 1. The molecule has 0 bridgehead atoms. The van der Waals surface area contributed by atoms with Gasteiger partial charge in [-0.3, -0.25) is 0 Å². The molecule has 1 N–H and O–H groups in total. The molecule has 1 unspecified atom stereocenters. The van der Waals surface area contributed by atoms with Crippen molar-refractivity contribution >= 4 is 0 Å². The molecule has 0 aromatic heterocycles. The van der Waals surface area contributed by atoms with Crippen LogP contribution in [0.15, 0.2) is 24.3 Å². The smallest absolute Gasteiger partial charge is 0.126 e. The first-order valence-corrected chi connectivity index (χ1v) is 8.54. The molecule has 128 valence electrons. The second kappa shape index (κ2) is 8.20. The molecule has 5 heteroatoms. The Hall–Kier alpha value is -1.01. The van der Waals surface area contributed by atoms with E-state index in [-0.39, 0.29) is 11.9 Å². The van der Waals surface area contributed by atoms with Crippen molar-refractivity contribution in [1.82, 2.24) is 4.90 Å². The highest BCUT2D eigenvalue weighted by molar-refractivity contribution is 5.18. The van der Waals surface area contributed by atoms with Gasteiger partial charge in [0.25, 0.3) is 0 Å². The number of hydrogen-bond acceptors (Lipinski definition) is 4. The number of benzene rings is 1. The van der Waals surface area contributed by atoms with E-state index in [4.69, 9.17) is 9.47 Å². The number of halogens is 1. The normalized spacial score (nSPS) is 22.0. The van der Waals surface area contributed by atoms with Gasteiger partial charge in [0.05, 0.1) is 18.8 Å². The summed E-state index contributed by atoms with van der Waals surface area (Å²) in [5, 5.41) is 10.1. The standard InChI is InChI=1S/C18H26FNO3/c19-18-4-2-1-3-15(18)9-14-10-20(11-14)12-16(21)13-23-17-5-7-22-8-6-17/h1-4,14,16-17,21H,5-13H2. The van der Waals surface area contributed by atoms with Gasteiger partial charge in [-0.05, 0) is 36.8 Å². The summed E-state index contributed by atoms with van der Waals surface area (Å²) in [5.74, 6) is 0.367. The van der Waals surface area contributed by atoms with Crippen molar-refractivity contribution in [3.05, 3.63) is 35.6 Å². The molecule has 0 saturated carbocycles. The summed E-state index contributed by atoms with van der Waals surface area (Å²) in [7, 11) is 0. The maximum absolute atomic E-state index is 13.6. The molecule has 2 saturated heterocycles. The highest BCUT2D eigenvalue weighted by atomic mass is 19.1. The molecule has 2 aliphatic heterocycles. The Morgan fingerprint density at radius 1 is 1.26 bits per heavy atom. The summed E-state index contributed by atoms with van der Waals surface area (Å²) in [6, 6.07) is 6.98. The third kappa shape index (κ3) is 4.98. The van der Waals surface area contributed by atoms with E-state index in [1.807, 2.05) is 12.1 Å². The van der Waals surface area contributed by atoms with E-state index >= 15 is 0 Å². The van der Waals surface area contributed by atoms with Crippen LogP contribution in [-0.4, -0.2) is 61.7 Å². The third-order valence-corrected chi connectivity index (χ3v) is 4.66. The van der Waals surface area contributed by atoms with Crippen molar-refractivity contribution < 1.29 is 19.0 Å². The van der Waals surface area contributed by atoms with Crippen LogP contribution in [0.3, 0.4) is 0 Å². The lowest BCUT2D eigenvalue weighted by Crippen LogP contribution is -2.51. The van der Waals surface area contributed by atoms with E-state index in [2.05, 4.69) is 4.90 Å². The Bertz CT molecular complexity index is 487. The minimum absolute atomic E-state index is 0.115. The highest BCUT2D eigenvalue weighted by Gasteiger charge is 2.29. The molecule has 0 spiro atoms. The van der Waals surface area contributed by atoms with Gasteiger partial charge in [-0.15, -0.1) is 0 Å². The summed E-state index contributed by atoms with van der Waals surface area (Å²) in [6.45, 7) is 4.37. The first-order valence-electron chi connectivity index (χ1n) is 8.54. The number of aliphatic hydroxyl groups is 1.